The summed E-state index contributed by atoms with van der Waals surface area (Å²) in [6, 6.07) is 11.0. The SMILES string of the molecule is CN(Cc1ccc(Cl)c(Cl)c1)C(=O)c1cc(Br)ccc1I. The second kappa shape index (κ2) is 7.31. The summed E-state index contributed by atoms with van der Waals surface area (Å²) in [6.45, 7) is 0.471. The lowest BCUT2D eigenvalue weighted by Crippen LogP contribution is -2.26. The van der Waals surface area contributed by atoms with Crippen molar-refractivity contribution in [1.29, 1.82) is 0 Å². The van der Waals surface area contributed by atoms with Gasteiger partial charge >= 0.3 is 0 Å². The van der Waals surface area contributed by atoms with Gasteiger partial charge in [-0.2, -0.15) is 0 Å². The lowest BCUT2D eigenvalue weighted by Gasteiger charge is -2.18. The highest BCUT2D eigenvalue weighted by atomic mass is 127. The van der Waals surface area contributed by atoms with Crippen LogP contribution >= 0.6 is 61.7 Å². The smallest absolute Gasteiger partial charge is 0.255 e. The molecule has 21 heavy (non-hydrogen) atoms. The molecule has 0 bridgehead atoms. The fourth-order valence-electron chi connectivity index (χ4n) is 1.85. The zero-order valence-electron chi connectivity index (χ0n) is 11.0. The molecule has 0 aromatic heterocycles. The lowest BCUT2D eigenvalue weighted by molar-refractivity contribution is 0.0784. The van der Waals surface area contributed by atoms with E-state index in [0.717, 1.165) is 13.6 Å². The van der Waals surface area contributed by atoms with Gasteiger partial charge in [0, 0.05) is 21.6 Å². The Hall–Kier alpha value is -0.300. The number of benzene rings is 2. The van der Waals surface area contributed by atoms with Gasteiger partial charge in [-0.1, -0.05) is 45.2 Å². The van der Waals surface area contributed by atoms with Gasteiger partial charge in [0.25, 0.3) is 5.91 Å². The molecule has 6 heteroatoms. The molecule has 0 radical (unpaired) electrons. The van der Waals surface area contributed by atoms with Gasteiger partial charge in [-0.05, 0) is 58.5 Å². The van der Waals surface area contributed by atoms with Crippen LogP contribution in [0.15, 0.2) is 40.9 Å². The Morgan fingerprint density at radius 1 is 1.19 bits per heavy atom. The van der Waals surface area contributed by atoms with Crippen LogP contribution in [-0.2, 0) is 6.54 Å². The Bertz CT molecular complexity index is 693. The second-order valence-electron chi connectivity index (χ2n) is 4.53. The molecular formula is C15H11BrCl2INO. The van der Waals surface area contributed by atoms with Crippen LogP contribution in [0.1, 0.15) is 15.9 Å². The largest absolute Gasteiger partial charge is 0.337 e. The number of halogens is 4. The van der Waals surface area contributed by atoms with Crippen LogP contribution in [0.2, 0.25) is 10.0 Å². The molecule has 2 aromatic carbocycles. The van der Waals surface area contributed by atoms with Gasteiger partial charge in [0.15, 0.2) is 0 Å². The van der Waals surface area contributed by atoms with E-state index in [4.69, 9.17) is 23.2 Å². The van der Waals surface area contributed by atoms with Crippen molar-refractivity contribution in [2.45, 2.75) is 6.54 Å². The third-order valence-electron chi connectivity index (χ3n) is 2.91. The van der Waals surface area contributed by atoms with Crippen molar-refractivity contribution in [2.75, 3.05) is 7.05 Å². The summed E-state index contributed by atoms with van der Waals surface area (Å²) in [6.07, 6.45) is 0. The van der Waals surface area contributed by atoms with Crippen molar-refractivity contribution in [3.63, 3.8) is 0 Å². The topological polar surface area (TPSA) is 20.3 Å². The second-order valence-corrected chi connectivity index (χ2v) is 7.43. The Kier molecular flexibility index (Phi) is 5.94. The van der Waals surface area contributed by atoms with Crippen molar-refractivity contribution in [2.24, 2.45) is 0 Å². The molecule has 0 spiro atoms. The van der Waals surface area contributed by atoms with Crippen molar-refractivity contribution >= 4 is 67.6 Å². The first-order chi connectivity index (χ1) is 9.88. The number of hydrogen-bond acceptors (Lipinski definition) is 1. The molecule has 2 nitrogen and oxygen atoms in total. The van der Waals surface area contributed by atoms with Gasteiger partial charge in [-0.15, -0.1) is 0 Å². The Labute approximate surface area is 155 Å². The van der Waals surface area contributed by atoms with Crippen molar-refractivity contribution < 1.29 is 4.79 Å². The highest BCUT2D eigenvalue weighted by Crippen LogP contribution is 2.24. The van der Waals surface area contributed by atoms with Gasteiger partial charge in [-0.3, -0.25) is 4.79 Å². The minimum Gasteiger partial charge on any atom is -0.337 e. The van der Waals surface area contributed by atoms with E-state index in [2.05, 4.69) is 38.5 Å². The van der Waals surface area contributed by atoms with Crippen LogP contribution in [0.25, 0.3) is 0 Å². The van der Waals surface area contributed by atoms with Gasteiger partial charge in [0.2, 0.25) is 0 Å². The van der Waals surface area contributed by atoms with Crippen molar-refractivity contribution in [1.82, 2.24) is 4.90 Å². The summed E-state index contributed by atoms with van der Waals surface area (Å²) in [5, 5.41) is 1.00. The highest BCUT2D eigenvalue weighted by Gasteiger charge is 2.16. The average Bonchev–Trinajstić information content (AvgIpc) is 2.44. The Morgan fingerprint density at radius 2 is 1.90 bits per heavy atom. The molecule has 0 heterocycles. The highest BCUT2D eigenvalue weighted by molar-refractivity contribution is 14.1. The third-order valence-corrected chi connectivity index (χ3v) is 5.08. The number of rotatable bonds is 3. The zero-order valence-corrected chi connectivity index (χ0v) is 16.3. The molecule has 110 valence electrons. The summed E-state index contributed by atoms with van der Waals surface area (Å²) in [5.41, 5.74) is 1.61. The molecule has 2 aromatic rings. The van der Waals surface area contributed by atoms with E-state index in [1.807, 2.05) is 24.3 Å². The molecule has 0 atom stereocenters. The van der Waals surface area contributed by atoms with Gasteiger partial charge < -0.3 is 4.90 Å². The van der Waals surface area contributed by atoms with E-state index in [1.165, 1.54) is 0 Å². The van der Waals surface area contributed by atoms with E-state index >= 15 is 0 Å². The number of amides is 1. The molecule has 0 saturated heterocycles. The monoisotopic (exact) mass is 497 g/mol. The number of carbonyl (C=O) groups is 1. The summed E-state index contributed by atoms with van der Waals surface area (Å²) in [5.74, 6) is -0.0354. The molecule has 0 fully saturated rings. The summed E-state index contributed by atoms with van der Waals surface area (Å²) < 4.78 is 1.80. The first kappa shape index (κ1) is 17.1. The Morgan fingerprint density at radius 3 is 2.57 bits per heavy atom. The molecule has 0 aliphatic carbocycles. The minimum absolute atomic E-state index is 0.0354. The molecule has 0 unspecified atom stereocenters. The van der Waals surface area contributed by atoms with Gasteiger partial charge in [-0.25, -0.2) is 0 Å². The van der Waals surface area contributed by atoms with Crippen LogP contribution in [0, 0.1) is 3.57 Å². The summed E-state index contributed by atoms with van der Waals surface area (Å²) in [4.78, 5) is 14.2. The fraction of sp³-hybridized carbons (Fsp3) is 0.133. The van der Waals surface area contributed by atoms with Crippen molar-refractivity contribution in [3.05, 3.63) is 65.6 Å². The molecule has 1 amide bonds. The molecule has 0 saturated carbocycles. The van der Waals surface area contributed by atoms with Crippen LogP contribution in [0.4, 0.5) is 0 Å². The van der Waals surface area contributed by atoms with Gasteiger partial charge in [0.1, 0.15) is 0 Å². The average molecular weight is 499 g/mol. The summed E-state index contributed by atoms with van der Waals surface area (Å²) in [7, 11) is 1.77. The first-order valence-electron chi connectivity index (χ1n) is 6.03. The summed E-state index contributed by atoms with van der Waals surface area (Å²) >= 11 is 17.4. The maximum atomic E-state index is 12.5. The first-order valence-corrected chi connectivity index (χ1v) is 8.65. The molecule has 2 rings (SSSR count). The molecule has 0 N–H and O–H groups in total. The van der Waals surface area contributed by atoms with Crippen LogP contribution < -0.4 is 0 Å². The standard InChI is InChI=1S/C15H11BrCl2INO/c1-20(8-9-2-4-12(17)13(18)6-9)15(21)11-7-10(16)3-5-14(11)19/h2-7H,8H2,1H3. The van der Waals surface area contributed by atoms with Crippen LogP contribution in [0.5, 0.6) is 0 Å². The van der Waals surface area contributed by atoms with Crippen LogP contribution in [-0.4, -0.2) is 17.9 Å². The zero-order chi connectivity index (χ0) is 15.6. The fourth-order valence-corrected chi connectivity index (χ4v) is 3.10. The van der Waals surface area contributed by atoms with E-state index in [9.17, 15) is 4.79 Å². The van der Waals surface area contributed by atoms with E-state index in [-0.39, 0.29) is 5.91 Å². The molecule has 0 aliphatic rings. The van der Waals surface area contributed by atoms with Gasteiger partial charge in [0.05, 0.1) is 15.6 Å². The number of nitrogens with zero attached hydrogens (tertiary/aromatic N) is 1. The van der Waals surface area contributed by atoms with E-state index < -0.39 is 0 Å². The quantitative estimate of drug-likeness (QED) is 0.502. The number of carbonyl (C=O) groups excluding carboxylic acids is 1. The molecular weight excluding hydrogens is 488 g/mol. The number of hydrogen-bond donors (Lipinski definition) is 0. The minimum atomic E-state index is -0.0354. The molecule has 0 aliphatic heterocycles. The maximum Gasteiger partial charge on any atom is 0.255 e. The van der Waals surface area contributed by atoms with E-state index in [1.54, 1.807) is 24.1 Å². The maximum absolute atomic E-state index is 12.5. The van der Waals surface area contributed by atoms with E-state index in [0.29, 0.717) is 22.2 Å². The predicted molar refractivity (Wildman–Crippen MR) is 99.1 cm³/mol. The normalized spacial score (nSPS) is 10.5. The third kappa shape index (κ3) is 4.34. The predicted octanol–water partition coefficient (Wildman–Crippen LogP) is 5.63. The lowest BCUT2D eigenvalue weighted by atomic mass is 10.1. The van der Waals surface area contributed by atoms with Crippen molar-refractivity contribution in [3.8, 4) is 0 Å². The Balaban J connectivity index is 2.19. The van der Waals surface area contributed by atoms with Crippen LogP contribution in [0.3, 0.4) is 0 Å².